The fourth-order valence-corrected chi connectivity index (χ4v) is 4.15. The average molecular weight is 429 g/mol. The van der Waals surface area contributed by atoms with Gasteiger partial charge >= 0.3 is 0 Å². The lowest BCUT2D eigenvalue weighted by atomic mass is 9.88. The number of amides is 2. The van der Waals surface area contributed by atoms with E-state index >= 15 is 0 Å². The highest BCUT2D eigenvalue weighted by Crippen LogP contribution is 2.29. The maximum absolute atomic E-state index is 13.7. The Bertz CT molecular complexity index is 935. The minimum Gasteiger partial charge on any atom is -0.357 e. The van der Waals surface area contributed by atoms with Gasteiger partial charge in [0.2, 0.25) is 11.8 Å². The van der Waals surface area contributed by atoms with Gasteiger partial charge < -0.3 is 10.2 Å². The number of likely N-dealkylation sites (N-methyl/N-ethyl adjacent to an activating group) is 1. The summed E-state index contributed by atoms with van der Waals surface area (Å²) in [4.78, 5) is 28.1. The Labute approximate surface area is 191 Å². The molecule has 0 aliphatic heterocycles. The fraction of sp³-hybridized carbons (Fsp3) is 0.286. The van der Waals surface area contributed by atoms with Crippen LogP contribution in [0.3, 0.4) is 0 Å². The summed E-state index contributed by atoms with van der Waals surface area (Å²) in [7, 11) is 1.63. The van der Waals surface area contributed by atoms with Gasteiger partial charge in [-0.25, -0.2) is 0 Å². The third-order valence-corrected chi connectivity index (χ3v) is 5.90. The number of hydrogen-bond donors (Lipinski definition) is 1. The van der Waals surface area contributed by atoms with E-state index in [1.807, 2.05) is 61.5 Å². The smallest absolute Gasteiger partial charge is 0.242 e. The van der Waals surface area contributed by atoms with Crippen LogP contribution in [0, 0.1) is 0 Å². The molecule has 32 heavy (non-hydrogen) atoms. The van der Waals surface area contributed by atoms with E-state index < -0.39 is 6.04 Å². The Morgan fingerprint density at radius 3 is 1.78 bits per heavy atom. The summed E-state index contributed by atoms with van der Waals surface area (Å²) >= 11 is 0. The monoisotopic (exact) mass is 428 g/mol. The number of carbonyl (C=O) groups excluding carboxylic acids is 2. The van der Waals surface area contributed by atoms with Crippen LogP contribution in [-0.4, -0.2) is 36.3 Å². The van der Waals surface area contributed by atoms with Gasteiger partial charge in [-0.1, -0.05) is 97.9 Å². The molecule has 3 aromatic carbocycles. The molecule has 0 heterocycles. The maximum atomic E-state index is 13.7. The van der Waals surface area contributed by atoms with Gasteiger partial charge in [0, 0.05) is 25.9 Å². The standard InChI is InChI=1S/C28H32N2O2/c1-3-26(28(32)29-2)30(20-19-22-13-7-4-8-14-22)27(31)21-25(23-15-9-5-10-16-23)24-17-11-6-12-18-24/h4-18,25-26H,3,19-21H2,1-2H3,(H,29,32)/t26-/m1/s1. The lowest BCUT2D eigenvalue weighted by Crippen LogP contribution is -2.49. The molecular weight excluding hydrogens is 396 g/mol. The van der Waals surface area contributed by atoms with E-state index in [0.717, 1.165) is 16.7 Å². The predicted molar refractivity (Wildman–Crippen MR) is 129 cm³/mol. The number of benzene rings is 3. The first-order valence-corrected chi connectivity index (χ1v) is 11.3. The first kappa shape index (κ1) is 23.3. The molecule has 0 saturated heterocycles. The zero-order valence-electron chi connectivity index (χ0n) is 18.9. The van der Waals surface area contributed by atoms with Crippen molar-refractivity contribution in [2.45, 2.75) is 38.1 Å². The van der Waals surface area contributed by atoms with Gasteiger partial charge in [-0.3, -0.25) is 9.59 Å². The highest BCUT2D eigenvalue weighted by atomic mass is 16.2. The quantitative estimate of drug-likeness (QED) is 0.504. The molecule has 0 unspecified atom stereocenters. The van der Waals surface area contributed by atoms with Gasteiger partial charge in [-0.2, -0.15) is 0 Å². The Hall–Kier alpha value is -3.40. The molecule has 3 aromatic rings. The maximum Gasteiger partial charge on any atom is 0.242 e. The van der Waals surface area contributed by atoms with Crippen LogP contribution >= 0.6 is 0 Å². The molecule has 0 aliphatic carbocycles. The van der Waals surface area contributed by atoms with E-state index in [0.29, 0.717) is 25.8 Å². The van der Waals surface area contributed by atoms with E-state index in [2.05, 4.69) is 41.7 Å². The average Bonchev–Trinajstić information content (AvgIpc) is 2.86. The van der Waals surface area contributed by atoms with E-state index in [-0.39, 0.29) is 17.7 Å². The molecule has 1 N–H and O–H groups in total. The molecule has 0 radical (unpaired) electrons. The Kier molecular flexibility index (Phi) is 8.61. The van der Waals surface area contributed by atoms with E-state index in [1.54, 1.807) is 11.9 Å². The summed E-state index contributed by atoms with van der Waals surface area (Å²) < 4.78 is 0. The number of nitrogens with zero attached hydrogens (tertiary/aromatic N) is 1. The molecule has 0 aromatic heterocycles. The summed E-state index contributed by atoms with van der Waals surface area (Å²) in [5, 5.41) is 2.73. The lowest BCUT2D eigenvalue weighted by molar-refractivity contribution is -0.140. The fourth-order valence-electron chi connectivity index (χ4n) is 4.15. The third kappa shape index (κ3) is 6.07. The second kappa shape index (κ2) is 11.8. The van der Waals surface area contributed by atoms with Gasteiger partial charge in [0.1, 0.15) is 6.04 Å². The molecular formula is C28H32N2O2. The topological polar surface area (TPSA) is 49.4 Å². The number of hydrogen-bond acceptors (Lipinski definition) is 2. The van der Waals surface area contributed by atoms with Crippen LogP contribution in [0.5, 0.6) is 0 Å². The highest BCUT2D eigenvalue weighted by molar-refractivity contribution is 5.88. The van der Waals surface area contributed by atoms with Crippen molar-refractivity contribution in [3.8, 4) is 0 Å². The summed E-state index contributed by atoms with van der Waals surface area (Å²) in [6.45, 7) is 2.46. The van der Waals surface area contributed by atoms with Crippen LogP contribution in [0.4, 0.5) is 0 Å². The van der Waals surface area contributed by atoms with Gasteiger partial charge in [-0.15, -0.1) is 0 Å². The molecule has 0 fully saturated rings. The Balaban J connectivity index is 1.88. The minimum atomic E-state index is -0.483. The van der Waals surface area contributed by atoms with Gasteiger partial charge in [-0.05, 0) is 29.5 Å². The number of rotatable bonds is 10. The second-order valence-electron chi connectivity index (χ2n) is 7.94. The molecule has 0 bridgehead atoms. The SMILES string of the molecule is CC[C@H](C(=O)NC)N(CCc1ccccc1)C(=O)CC(c1ccccc1)c1ccccc1. The van der Waals surface area contributed by atoms with Crippen LogP contribution in [0.25, 0.3) is 0 Å². The molecule has 4 heteroatoms. The van der Waals surface area contributed by atoms with Crippen LogP contribution < -0.4 is 5.32 Å². The highest BCUT2D eigenvalue weighted by Gasteiger charge is 2.30. The lowest BCUT2D eigenvalue weighted by Gasteiger charge is -2.32. The van der Waals surface area contributed by atoms with E-state index in [4.69, 9.17) is 0 Å². The van der Waals surface area contributed by atoms with Crippen molar-refractivity contribution in [2.75, 3.05) is 13.6 Å². The van der Waals surface area contributed by atoms with Crippen LogP contribution in [0.1, 0.15) is 42.4 Å². The molecule has 4 nitrogen and oxygen atoms in total. The van der Waals surface area contributed by atoms with Gasteiger partial charge in [0.15, 0.2) is 0 Å². The van der Waals surface area contributed by atoms with Crippen molar-refractivity contribution in [3.63, 3.8) is 0 Å². The first-order valence-electron chi connectivity index (χ1n) is 11.3. The summed E-state index contributed by atoms with van der Waals surface area (Å²) in [6.07, 6.45) is 1.60. The van der Waals surface area contributed by atoms with Crippen molar-refractivity contribution in [2.24, 2.45) is 0 Å². The first-order chi connectivity index (χ1) is 15.6. The van der Waals surface area contributed by atoms with Gasteiger partial charge in [0.05, 0.1) is 0 Å². The number of nitrogens with one attached hydrogen (secondary N) is 1. The van der Waals surface area contributed by atoms with Crippen molar-refractivity contribution in [3.05, 3.63) is 108 Å². The molecule has 2 amide bonds. The van der Waals surface area contributed by atoms with Crippen LogP contribution in [-0.2, 0) is 16.0 Å². The van der Waals surface area contributed by atoms with Crippen LogP contribution in [0.2, 0.25) is 0 Å². The van der Waals surface area contributed by atoms with Crippen molar-refractivity contribution in [1.29, 1.82) is 0 Å². The molecule has 3 rings (SSSR count). The Morgan fingerprint density at radius 1 is 0.812 bits per heavy atom. The minimum absolute atomic E-state index is 0.00547. The largest absolute Gasteiger partial charge is 0.357 e. The molecule has 0 saturated carbocycles. The van der Waals surface area contributed by atoms with E-state index in [1.165, 1.54) is 0 Å². The van der Waals surface area contributed by atoms with Gasteiger partial charge in [0.25, 0.3) is 0 Å². The zero-order chi connectivity index (χ0) is 22.8. The summed E-state index contributed by atoms with van der Waals surface area (Å²) in [5.74, 6) is -0.190. The predicted octanol–water partition coefficient (Wildman–Crippen LogP) is 4.80. The molecule has 0 aliphatic rings. The second-order valence-corrected chi connectivity index (χ2v) is 7.94. The van der Waals surface area contributed by atoms with Crippen molar-refractivity contribution < 1.29 is 9.59 Å². The normalized spacial score (nSPS) is 11.7. The summed E-state index contributed by atoms with van der Waals surface area (Å²) in [6, 6.07) is 29.8. The summed E-state index contributed by atoms with van der Waals surface area (Å²) in [5.41, 5.74) is 3.35. The van der Waals surface area contributed by atoms with Crippen LogP contribution in [0.15, 0.2) is 91.0 Å². The molecule has 0 spiro atoms. The third-order valence-electron chi connectivity index (χ3n) is 5.90. The molecule has 166 valence electrons. The van der Waals surface area contributed by atoms with E-state index in [9.17, 15) is 9.59 Å². The number of carbonyl (C=O) groups is 2. The Morgan fingerprint density at radius 2 is 1.31 bits per heavy atom. The van der Waals surface area contributed by atoms with Crippen molar-refractivity contribution >= 4 is 11.8 Å². The van der Waals surface area contributed by atoms with Crippen molar-refractivity contribution in [1.82, 2.24) is 10.2 Å². The molecule has 1 atom stereocenters. The zero-order valence-corrected chi connectivity index (χ0v) is 18.9.